The molecular weight excluding hydrogens is 284 g/mol. The molecule has 0 aromatic rings. The molecule has 0 aromatic heterocycles. The van der Waals surface area contributed by atoms with Crippen LogP contribution < -0.4 is 5.73 Å². The van der Waals surface area contributed by atoms with Crippen molar-refractivity contribution in [2.75, 3.05) is 31.7 Å². The van der Waals surface area contributed by atoms with Gasteiger partial charge in [0.25, 0.3) is 0 Å². The zero-order valence-electron chi connectivity index (χ0n) is 11.5. The Morgan fingerprint density at radius 3 is 3.05 bits per heavy atom. The Bertz CT molecular complexity index is 294. The maximum atomic E-state index is 12.2. The standard InChI is InChI=1S/C13H24N2O2S.ClH/c1-18-8-5-11(14)13(16)15-6-4-12-10(9-15)3-2-7-17-12;/h10-12H,2-9,14H2,1H3;1H/t10?,11-,12?;/m0./s1. The van der Waals surface area contributed by atoms with Gasteiger partial charge in [-0.2, -0.15) is 11.8 Å². The minimum absolute atomic E-state index is 0. The summed E-state index contributed by atoms with van der Waals surface area (Å²) in [5, 5.41) is 0. The number of carbonyl (C=O) groups is 1. The van der Waals surface area contributed by atoms with E-state index in [0.717, 1.165) is 44.7 Å². The summed E-state index contributed by atoms with van der Waals surface area (Å²) in [6.45, 7) is 2.55. The van der Waals surface area contributed by atoms with Gasteiger partial charge in [-0.25, -0.2) is 0 Å². The molecule has 112 valence electrons. The number of nitrogens with two attached hydrogens (primary N) is 1. The van der Waals surface area contributed by atoms with Gasteiger partial charge in [-0.3, -0.25) is 4.79 Å². The summed E-state index contributed by atoms with van der Waals surface area (Å²) in [4.78, 5) is 14.2. The molecule has 2 N–H and O–H groups in total. The van der Waals surface area contributed by atoms with Crippen LogP contribution in [0, 0.1) is 5.92 Å². The second kappa shape index (κ2) is 8.35. The molecule has 0 spiro atoms. The Morgan fingerprint density at radius 1 is 1.53 bits per heavy atom. The first kappa shape index (κ1) is 17.1. The maximum absolute atomic E-state index is 12.2. The molecule has 2 aliphatic rings. The fourth-order valence-electron chi connectivity index (χ4n) is 2.89. The molecule has 0 aliphatic carbocycles. The number of ether oxygens (including phenoxy) is 1. The van der Waals surface area contributed by atoms with Gasteiger partial charge in [0, 0.05) is 25.6 Å². The Hall–Kier alpha value is 0.0300. The number of rotatable bonds is 4. The highest BCUT2D eigenvalue weighted by Gasteiger charge is 2.34. The Morgan fingerprint density at radius 2 is 2.32 bits per heavy atom. The molecule has 0 bridgehead atoms. The summed E-state index contributed by atoms with van der Waals surface area (Å²) in [6.07, 6.45) is 6.50. The summed E-state index contributed by atoms with van der Waals surface area (Å²) >= 11 is 1.74. The van der Waals surface area contributed by atoms with Crippen LogP contribution in [0.4, 0.5) is 0 Å². The first-order valence-corrected chi connectivity index (χ1v) is 8.26. The van der Waals surface area contributed by atoms with E-state index >= 15 is 0 Å². The van der Waals surface area contributed by atoms with E-state index in [-0.39, 0.29) is 24.4 Å². The number of likely N-dealkylation sites (tertiary alicyclic amines) is 1. The lowest BCUT2D eigenvalue weighted by Gasteiger charge is -2.41. The lowest BCUT2D eigenvalue weighted by Crippen LogP contribution is -2.52. The molecule has 2 saturated heterocycles. The van der Waals surface area contributed by atoms with Crippen LogP contribution >= 0.6 is 24.2 Å². The van der Waals surface area contributed by atoms with E-state index in [1.54, 1.807) is 11.8 Å². The minimum atomic E-state index is -0.321. The normalized spacial score (nSPS) is 28.2. The van der Waals surface area contributed by atoms with Crippen molar-refractivity contribution < 1.29 is 9.53 Å². The van der Waals surface area contributed by atoms with Crippen LogP contribution in [0.15, 0.2) is 0 Å². The van der Waals surface area contributed by atoms with Crippen molar-refractivity contribution in [1.82, 2.24) is 4.90 Å². The second-order valence-corrected chi connectivity index (χ2v) is 6.26. The lowest BCUT2D eigenvalue weighted by molar-refractivity contribution is -0.139. The third-order valence-corrected chi connectivity index (χ3v) is 4.62. The first-order chi connectivity index (χ1) is 8.72. The van der Waals surface area contributed by atoms with Gasteiger partial charge in [0.1, 0.15) is 0 Å². The van der Waals surface area contributed by atoms with Crippen LogP contribution in [-0.2, 0) is 9.53 Å². The number of piperidine rings is 1. The summed E-state index contributed by atoms with van der Waals surface area (Å²) in [5.41, 5.74) is 5.97. The van der Waals surface area contributed by atoms with Gasteiger partial charge in [0.05, 0.1) is 12.1 Å². The van der Waals surface area contributed by atoms with Gasteiger partial charge < -0.3 is 15.4 Å². The topological polar surface area (TPSA) is 55.6 Å². The van der Waals surface area contributed by atoms with Crippen LogP contribution in [0.25, 0.3) is 0 Å². The third kappa shape index (κ3) is 4.52. The zero-order valence-corrected chi connectivity index (χ0v) is 13.2. The summed E-state index contributed by atoms with van der Waals surface area (Å²) in [6, 6.07) is -0.321. The summed E-state index contributed by atoms with van der Waals surface area (Å²) in [7, 11) is 0. The molecule has 2 heterocycles. The predicted molar refractivity (Wildman–Crippen MR) is 81.9 cm³/mol. The van der Waals surface area contributed by atoms with E-state index in [9.17, 15) is 4.79 Å². The van der Waals surface area contributed by atoms with E-state index in [4.69, 9.17) is 10.5 Å². The van der Waals surface area contributed by atoms with Gasteiger partial charge in [0.15, 0.2) is 0 Å². The quantitative estimate of drug-likeness (QED) is 0.855. The van der Waals surface area contributed by atoms with E-state index in [2.05, 4.69) is 0 Å². The molecule has 19 heavy (non-hydrogen) atoms. The van der Waals surface area contributed by atoms with Crippen molar-refractivity contribution >= 4 is 30.1 Å². The highest BCUT2D eigenvalue weighted by Crippen LogP contribution is 2.28. The first-order valence-electron chi connectivity index (χ1n) is 6.87. The predicted octanol–water partition coefficient (Wildman–Crippen LogP) is 1.52. The molecule has 0 aromatic carbocycles. The van der Waals surface area contributed by atoms with E-state index < -0.39 is 0 Å². The number of hydrogen-bond donors (Lipinski definition) is 1. The summed E-state index contributed by atoms with van der Waals surface area (Å²) in [5.74, 6) is 1.62. The second-order valence-electron chi connectivity index (χ2n) is 5.27. The fourth-order valence-corrected chi connectivity index (χ4v) is 3.38. The molecule has 3 atom stereocenters. The van der Waals surface area contributed by atoms with Crippen molar-refractivity contribution in [2.45, 2.75) is 37.8 Å². The largest absolute Gasteiger partial charge is 0.378 e. The van der Waals surface area contributed by atoms with E-state index in [1.165, 1.54) is 6.42 Å². The lowest BCUT2D eigenvalue weighted by atomic mass is 9.88. The smallest absolute Gasteiger partial charge is 0.239 e. The number of nitrogens with zero attached hydrogens (tertiary/aromatic N) is 1. The van der Waals surface area contributed by atoms with Crippen molar-refractivity contribution in [3.8, 4) is 0 Å². The molecule has 2 fully saturated rings. The number of carbonyl (C=O) groups excluding carboxylic acids is 1. The van der Waals surface area contributed by atoms with E-state index in [1.807, 2.05) is 11.2 Å². The third-order valence-electron chi connectivity index (χ3n) is 3.98. The molecule has 2 rings (SSSR count). The Kier molecular flexibility index (Phi) is 7.50. The van der Waals surface area contributed by atoms with E-state index in [0.29, 0.717) is 12.0 Å². The molecule has 0 radical (unpaired) electrons. The molecule has 2 aliphatic heterocycles. The van der Waals surface area contributed by atoms with Gasteiger partial charge in [-0.1, -0.05) is 0 Å². The highest BCUT2D eigenvalue weighted by molar-refractivity contribution is 7.98. The molecular formula is C13H25ClN2O2S. The molecule has 6 heteroatoms. The number of thioether (sulfide) groups is 1. The van der Waals surface area contributed by atoms with Crippen molar-refractivity contribution in [2.24, 2.45) is 11.7 Å². The number of amides is 1. The Labute approximate surface area is 126 Å². The fraction of sp³-hybridized carbons (Fsp3) is 0.923. The average molecular weight is 309 g/mol. The van der Waals surface area contributed by atoms with Crippen LogP contribution in [0.3, 0.4) is 0 Å². The maximum Gasteiger partial charge on any atom is 0.239 e. The number of hydrogen-bond acceptors (Lipinski definition) is 4. The zero-order chi connectivity index (χ0) is 13.0. The number of fused-ring (bicyclic) bond motifs is 1. The van der Waals surface area contributed by atoms with Gasteiger partial charge in [-0.15, -0.1) is 12.4 Å². The Balaban J connectivity index is 0.00000180. The monoisotopic (exact) mass is 308 g/mol. The minimum Gasteiger partial charge on any atom is -0.378 e. The van der Waals surface area contributed by atoms with Crippen molar-refractivity contribution in [1.29, 1.82) is 0 Å². The highest BCUT2D eigenvalue weighted by atomic mass is 35.5. The van der Waals surface area contributed by atoms with Gasteiger partial charge >= 0.3 is 0 Å². The SMILES string of the molecule is CSCC[C@H](N)C(=O)N1CCC2OCCCC2C1.Cl. The van der Waals surface area contributed by atoms with Gasteiger partial charge in [-0.05, 0) is 37.7 Å². The van der Waals surface area contributed by atoms with Crippen molar-refractivity contribution in [3.05, 3.63) is 0 Å². The molecule has 0 saturated carbocycles. The molecule has 2 unspecified atom stereocenters. The molecule has 4 nitrogen and oxygen atoms in total. The van der Waals surface area contributed by atoms with Crippen LogP contribution in [0.1, 0.15) is 25.7 Å². The van der Waals surface area contributed by atoms with Crippen LogP contribution in [0.2, 0.25) is 0 Å². The van der Waals surface area contributed by atoms with Crippen molar-refractivity contribution in [3.63, 3.8) is 0 Å². The van der Waals surface area contributed by atoms with Gasteiger partial charge in [0.2, 0.25) is 5.91 Å². The molecule has 1 amide bonds. The average Bonchev–Trinajstić information content (AvgIpc) is 2.43. The number of halogens is 1. The summed E-state index contributed by atoms with van der Waals surface area (Å²) < 4.78 is 5.76. The van der Waals surface area contributed by atoms with Crippen LogP contribution in [0.5, 0.6) is 0 Å². The van der Waals surface area contributed by atoms with Crippen LogP contribution in [-0.4, -0.2) is 54.7 Å².